The Morgan fingerprint density at radius 2 is 1.19 bits per heavy atom. The second-order valence-corrected chi connectivity index (χ2v) is 7.67. The van der Waals surface area contributed by atoms with E-state index in [-0.39, 0.29) is 0 Å². The Balaban J connectivity index is 2.28. The van der Waals surface area contributed by atoms with Crippen LogP contribution in [0.25, 0.3) is 0 Å². The first-order valence-electron chi connectivity index (χ1n) is 5.08. The molecule has 1 aliphatic rings. The predicted octanol–water partition coefficient (Wildman–Crippen LogP) is 2.09. The summed E-state index contributed by atoms with van der Waals surface area (Å²) in [5.41, 5.74) is 1.59. The van der Waals surface area contributed by atoms with Gasteiger partial charge in [0, 0.05) is 0 Å². The third-order valence-electron chi connectivity index (χ3n) is 2.88. The quantitative estimate of drug-likeness (QED) is 0.649. The summed E-state index contributed by atoms with van der Waals surface area (Å²) in [7, 11) is 0. The molecule has 0 spiro atoms. The van der Waals surface area contributed by atoms with Crippen LogP contribution in [0.15, 0.2) is 48.5 Å². The Morgan fingerprint density at radius 3 is 1.69 bits per heavy atom. The van der Waals surface area contributed by atoms with Crippen molar-refractivity contribution in [2.75, 3.05) is 0 Å². The van der Waals surface area contributed by atoms with Gasteiger partial charge in [-0.25, -0.2) is 0 Å². The molecule has 3 heteroatoms. The first-order chi connectivity index (χ1) is 7.69. The fraction of sp³-hybridized carbons (Fsp3) is 0.0769. The van der Waals surface area contributed by atoms with Crippen LogP contribution in [0.1, 0.15) is 11.1 Å². The summed E-state index contributed by atoms with van der Waals surface area (Å²) >= 11 is -4.63. The van der Waals surface area contributed by atoms with Gasteiger partial charge in [0.25, 0.3) is 0 Å². The van der Waals surface area contributed by atoms with Gasteiger partial charge in [-0.3, -0.25) is 0 Å². The number of halogens is 2. The predicted molar refractivity (Wildman–Crippen MR) is 62.9 cm³/mol. The van der Waals surface area contributed by atoms with Crippen molar-refractivity contribution in [1.29, 1.82) is 0 Å². The van der Waals surface area contributed by atoms with Crippen molar-refractivity contribution in [2.24, 2.45) is 0 Å². The summed E-state index contributed by atoms with van der Waals surface area (Å²) in [5.74, 6) is 0. The summed E-state index contributed by atoms with van der Waals surface area (Å²) < 4.78 is 29.3. The normalized spacial score (nSPS) is 18.4. The van der Waals surface area contributed by atoms with Gasteiger partial charge in [-0.1, -0.05) is 0 Å². The van der Waals surface area contributed by atoms with Crippen LogP contribution in [0, 0.1) is 0 Å². The zero-order valence-corrected chi connectivity index (χ0v) is 10.2. The van der Waals surface area contributed by atoms with Crippen LogP contribution >= 0.6 is 0 Å². The monoisotopic (exact) mass is 284 g/mol. The number of hydrogen-bond donors (Lipinski definition) is 0. The molecule has 0 fully saturated rings. The van der Waals surface area contributed by atoms with E-state index in [2.05, 4.69) is 0 Å². The van der Waals surface area contributed by atoms with Gasteiger partial charge < -0.3 is 0 Å². The van der Waals surface area contributed by atoms with E-state index in [1.54, 1.807) is 24.3 Å². The van der Waals surface area contributed by atoms with E-state index in [0.717, 1.165) is 11.1 Å². The Hall–Kier alpha value is -1.18. The molecule has 3 rings (SSSR count). The first-order valence-corrected chi connectivity index (χ1v) is 8.09. The summed E-state index contributed by atoms with van der Waals surface area (Å²) in [5, 5.41) is 0. The van der Waals surface area contributed by atoms with E-state index in [4.69, 9.17) is 0 Å². The summed E-state index contributed by atoms with van der Waals surface area (Å²) in [6.07, 6.45) is 0.638. The van der Waals surface area contributed by atoms with Crippen molar-refractivity contribution < 1.29 is 7.10 Å². The maximum absolute atomic E-state index is 14.3. The first kappa shape index (κ1) is 10.0. The molecule has 0 nitrogen and oxygen atoms in total. The molecule has 0 radical (unpaired) electrons. The maximum atomic E-state index is 14.3. The van der Waals surface area contributed by atoms with Gasteiger partial charge in [0.2, 0.25) is 0 Å². The van der Waals surface area contributed by atoms with Crippen molar-refractivity contribution in [3.63, 3.8) is 0 Å². The summed E-state index contributed by atoms with van der Waals surface area (Å²) in [4.78, 5) is 0. The average Bonchev–Trinajstić information content (AvgIpc) is 2.29. The van der Waals surface area contributed by atoms with E-state index in [1.165, 1.54) is 0 Å². The fourth-order valence-corrected chi connectivity index (χ4v) is 5.64. The Kier molecular flexibility index (Phi) is 2.13. The molecule has 0 amide bonds. The average molecular weight is 283 g/mol. The van der Waals surface area contributed by atoms with E-state index in [1.807, 2.05) is 24.3 Å². The van der Waals surface area contributed by atoms with Gasteiger partial charge in [0.1, 0.15) is 0 Å². The van der Waals surface area contributed by atoms with Crippen LogP contribution in [-0.2, 0) is 6.42 Å². The standard InChI is InChI=1S/C13H10F2Se/c14-16(15)12-7-3-1-5-10(12)9-11-6-2-4-8-13(11)16/h1-8H,9H2. The van der Waals surface area contributed by atoms with Crippen LogP contribution in [-0.4, -0.2) is 13.8 Å². The number of hydrogen-bond acceptors (Lipinski definition) is 0. The molecule has 0 atom stereocenters. The van der Waals surface area contributed by atoms with Gasteiger partial charge in [-0.05, 0) is 0 Å². The second kappa shape index (κ2) is 3.41. The van der Waals surface area contributed by atoms with Crippen LogP contribution in [0.4, 0.5) is 7.10 Å². The van der Waals surface area contributed by atoms with E-state index in [9.17, 15) is 7.10 Å². The molecule has 0 saturated carbocycles. The van der Waals surface area contributed by atoms with Crippen LogP contribution in [0.3, 0.4) is 0 Å². The molecule has 0 aromatic heterocycles. The molecule has 0 saturated heterocycles. The van der Waals surface area contributed by atoms with Gasteiger partial charge in [-0.15, -0.1) is 0 Å². The Bertz CT molecular complexity index is 502. The molecule has 1 heterocycles. The van der Waals surface area contributed by atoms with Gasteiger partial charge in [0.15, 0.2) is 0 Å². The molecule has 0 unspecified atom stereocenters. The van der Waals surface area contributed by atoms with Gasteiger partial charge in [0.05, 0.1) is 0 Å². The molecule has 1 aliphatic heterocycles. The van der Waals surface area contributed by atoms with E-state index < -0.39 is 13.8 Å². The number of rotatable bonds is 0. The SMILES string of the molecule is F[Se]1(F)c2ccccc2Cc2ccccc21. The molecule has 0 bridgehead atoms. The number of benzene rings is 2. The Labute approximate surface area is 96.1 Å². The van der Waals surface area contributed by atoms with E-state index in [0.29, 0.717) is 15.3 Å². The van der Waals surface area contributed by atoms with Crippen molar-refractivity contribution in [3.8, 4) is 0 Å². The molecular formula is C13H10F2Se. The minimum absolute atomic E-state index is 0.303. The van der Waals surface area contributed by atoms with Crippen LogP contribution in [0.2, 0.25) is 0 Å². The molecule has 2 aromatic rings. The van der Waals surface area contributed by atoms with Crippen molar-refractivity contribution in [2.45, 2.75) is 6.42 Å². The number of fused-ring (bicyclic) bond motifs is 2. The molecule has 2 aromatic carbocycles. The Morgan fingerprint density at radius 1 is 0.750 bits per heavy atom. The minimum atomic E-state index is -4.63. The van der Waals surface area contributed by atoms with E-state index >= 15 is 0 Å². The van der Waals surface area contributed by atoms with Crippen LogP contribution in [0.5, 0.6) is 0 Å². The van der Waals surface area contributed by atoms with Crippen LogP contribution < -0.4 is 8.92 Å². The molecule has 0 N–H and O–H groups in total. The van der Waals surface area contributed by atoms with Gasteiger partial charge in [-0.2, -0.15) is 0 Å². The topological polar surface area (TPSA) is 0 Å². The molecular weight excluding hydrogens is 273 g/mol. The molecule has 16 heavy (non-hydrogen) atoms. The van der Waals surface area contributed by atoms with Gasteiger partial charge >= 0.3 is 95.9 Å². The zero-order chi connectivity index (χ0) is 11.2. The van der Waals surface area contributed by atoms with Crippen molar-refractivity contribution in [3.05, 3.63) is 59.7 Å². The fourth-order valence-electron chi connectivity index (χ4n) is 2.12. The van der Waals surface area contributed by atoms with Crippen molar-refractivity contribution >= 4 is 22.7 Å². The summed E-state index contributed by atoms with van der Waals surface area (Å²) in [6.45, 7) is 0. The summed E-state index contributed by atoms with van der Waals surface area (Å²) in [6, 6.07) is 13.9. The molecule has 0 aliphatic carbocycles. The molecule has 82 valence electrons. The third-order valence-corrected chi connectivity index (χ3v) is 6.87. The van der Waals surface area contributed by atoms with Crippen molar-refractivity contribution in [1.82, 2.24) is 0 Å². The third kappa shape index (κ3) is 1.32. The zero-order valence-electron chi connectivity index (χ0n) is 8.49. The second-order valence-electron chi connectivity index (χ2n) is 3.86.